The third-order valence-corrected chi connectivity index (χ3v) is 6.43. The number of nitrogens with zero attached hydrogens (tertiary/aromatic N) is 2. The molecule has 0 bridgehead atoms. The maximum Gasteiger partial charge on any atom is 0.416 e. The zero-order valence-corrected chi connectivity index (χ0v) is 19.0. The van der Waals surface area contributed by atoms with Gasteiger partial charge in [-0.25, -0.2) is 4.79 Å². The summed E-state index contributed by atoms with van der Waals surface area (Å²) in [6.07, 6.45) is -4.72. The molecule has 2 aliphatic heterocycles. The maximum absolute atomic E-state index is 13.1. The number of anilines is 1. The highest BCUT2D eigenvalue weighted by Crippen LogP contribution is 2.37. The Morgan fingerprint density at radius 1 is 1.09 bits per heavy atom. The third kappa shape index (κ3) is 4.92. The van der Waals surface area contributed by atoms with Crippen LogP contribution >= 0.6 is 0 Å². The van der Waals surface area contributed by atoms with E-state index in [1.807, 2.05) is 0 Å². The zero-order valence-electron chi connectivity index (χ0n) is 19.0. The van der Waals surface area contributed by atoms with Gasteiger partial charge in [0.05, 0.1) is 37.6 Å². The number of likely N-dealkylation sites (tertiary alicyclic amines) is 1. The number of carbonyl (C=O) groups excluding carboxylic acids is 1. The Kier molecular flexibility index (Phi) is 6.64. The minimum Gasteiger partial charge on any atom is -0.493 e. The molecule has 0 saturated carbocycles. The molecule has 2 fully saturated rings. The Hall–Kier alpha value is -2.98. The fourth-order valence-electron chi connectivity index (χ4n) is 4.49. The normalized spacial score (nSPS) is 20.8. The van der Waals surface area contributed by atoms with Crippen molar-refractivity contribution in [2.24, 2.45) is 0 Å². The summed E-state index contributed by atoms with van der Waals surface area (Å²) in [4.78, 5) is 16.0. The summed E-state index contributed by atoms with van der Waals surface area (Å²) >= 11 is 0. The van der Waals surface area contributed by atoms with Gasteiger partial charge in [-0.05, 0) is 42.7 Å². The predicted octanol–water partition coefficient (Wildman–Crippen LogP) is 4.03. The molecule has 0 aliphatic carbocycles. The fourth-order valence-corrected chi connectivity index (χ4v) is 4.49. The molecule has 184 valence electrons. The standard InChI is InChI=1S/C24H27F3N2O5/c1-32-20-7-6-18(13-21(20)33-2)29-15-19(34-22(29)30)14-28-10-8-23(31,9-11-28)16-4-3-5-17(12-16)24(25,26)27/h3-7,12-13,19,31H,8-11,14-15H2,1-2H3. The third-order valence-electron chi connectivity index (χ3n) is 6.43. The molecule has 1 amide bonds. The van der Waals surface area contributed by atoms with E-state index in [2.05, 4.69) is 4.90 Å². The first-order chi connectivity index (χ1) is 16.1. The number of carbonyl (C=O) groups is 1. The highest BCUT2D eigenvalue weighted by molar-refractivity contribution is 5.90. The van der Waals surface area contributed by atoms with Crippen molar-refractivity contribution < 1.29 is 37.3 Å². The minimum absolute atomic E-state index is 0.272. The Bertz CT molecular complexity index is 1040. The lowest BCUT2D eigenvalue weighted by molar-refractivity contribution is -0.137. The molecule has 2 saturated heterocycles. The lowest BCUT2D eigenvalue weighted by Gasteiger charge is -2.39. The molecule has 4 rings (SSSR count). The van der Waals surface area contributed by atoms with Gasteiger partial charge in [-0.15, -0.1) is 0 Å². The molecule has 2 aromatic carbocycles. The summed E-state index contributed by atoms with van der Waals surface area (Å²) in [5.41, 5.74) is -1.19. The second-order valence-electron chi connectivity index (χ2n) is 8.57. The summed E-state index contributed by atoms with van der Waals surface area (Å²) in [6.45, 7) is 1.76. The number of hydrogen-bond donors (Lipinski definition) is 1. The van der Waals surface area contributed by atoms with E-state index >= 15 is 0 Å². The molecule has 0 aromatic heterocycles. The number of piperidine rings is 1. The molecule has 10 heteroatoms. The topological polar surface area (TPSA) is 71.5 Å². The number of hydrogen-bond acceptors (Lipinski definition) is 6. The van der Waals surface area contributed by atoms with Gasteiger partial charge in [-0.3, -0.25) is 9.80 Å². The minimum atomic E-state index is -4.46. The van der Waals surface area contributed by atoms with E-state index in [1.54, 1.807) is 18.2 Å². The van der Waals surface area contributed by atoms with Crippen molar-refractivity contribution in [1.29, 1.82) is 0 Å². The first kappa shape index (κ1) is 24.2. The Balaban J connectivity index is 1.36. The van der Waals surface area contributed by atoms with Crippen LogP contribution in [0.25, 0.3) is 0 Å². The van der Waals surface area contributed by atoms with Crippen molar-refractivity contribution in [3.8, 4) is 11.5 Å². The number of aliphatic hydroxyl groups is 1. The molecular formula is C24H27F3N2O5. The summed E-state index contributed by atoms with van der Waals surface area (Å²) in [6, 6.07) is 10.1. The lowest BCUT2D eigenvalue weighted by Crippen LogP contribution is -2.45. The Morgan fingerprint density at radius 3 is 2.44 bits per heavy atom. The van der Waals surface area contributed by atoms with Gasteiger partial charge in [0.15, 0.2) is 11.5 Å². The van der Waals surface area contributed by atoms with Crippen molar-refractivity contribution in [3.63, 3.8) is 0 Å². The molecule has 7 nitrogen and oxygen atoms in total. The van der Waals surface area contributed by atoms with Crippen molar-refractivity contribution in [3.05, 3.63) is 53.6 Å². The first-order valence-electron chi connectivity index (χ1n) is 11.0. The van der Waals surface area contributed by atoms with Crippen molar-refractivity contribution in [2.45, 2.75) is 30.7 Å². The van der Waals surface area contributed by atoms with Crippen LogP contribution in [-0.4, -0.2) is 62.6 Å². The number of ether oxygens (including phenoxy) is 3. The van der Waals surface area contributed by atoms with Crippen LogP contribution in [0.3, 0.4) is 0 Å². The van der Waals surface area contributed by atoms with Crippen LogP contribution in [0.5, 0.6) is 11.5 Å². The van der Waals surface area contributed by atoms with Gasteiger partial charge in [0, 0.05) is 25.7 Å². The van der Waals surface area contributed by atoms with Crippen LogP contribution in [0.15, 0.2) is 42.5 Å². The number of methoxy groups -OCH3 is 2. The average molecular weight is 480 g/mol. The molecular weight excluding hydrogens is 453 g/mol. The van der Waals surface area contributed by atoms with Gasteiger partial charge >= 0.3 is 12.3 Å². The number of amides is 1. The SMILES string of the molecule is COc1ccc(N2CC(CN3CCC(O)(c4cccc(C(F)(F)F)c4)CC3)OC2=O)cc1OC. The predicted molar refractivity (Wildman–Crippen MR) is 118 cm³/mol. The van der Waals surface area contributed by atoms with E-state index in [0.29, 0.717) is 43.4 Å². The van der Waals surface area contributed by atoms with Gasteiger partial charge in [0.25, 0.3) is 0 Å². The van der Waals surface area contributed by atoms with E-state index in [1.165, 1.54) is 31.3 Å². The molecule has 2 aliphatic rings. The van der Waals surface area contributed by atoms with Gasteiger partial charge in [-0.2, -0.15) is 13.2 Å². The number of alkyl halides is 3. The molecule has 1 unspecified atom stereocenters. The average Bonchev–Trinajstić information content (AvgIpc) is 3.19. The number of cyclic esters (lactones) is 1. The van der Waals surface area contributed by atoms with E-state index in [4.69, 9.17) is 14.2 Å². The lowest BCUT2D eigenvalue weighted by atomic mass is 9.83. The van der Waals surface area contributed by atoms with Crippen molar-refractivity contribution in [1.82, 2.24) is 4.90 Å². The van der Waals surface area contributed by atoms with Gasteiger partial charge in [0.2, 0.25) is 0 Å². The van der Waals surface area contributed by atoms with Crippen LogP contribution in [0.2, 0.25) is 0 Å². The molecule has 0 spiro atoms. The number of rotatable bonds is 6. The van der Waals surface area contributed by atoms with Gasteiger partial charge in [-0.1, -0.05) is 12.1 Å². The van der Waals surface area contributed by atoms with Gasteiger partial charge in [0.1, 0.15) is 6.10 Å². The fraction of sp³-hybridized carbons (Fsp3) is 0.458. The smallest absolute Gasteiger partial charge is 0.416 e. The Labute approximate surface area is 195 Å². The van der Waals surface area contributed by atoms with Crippen LogP contribution in [0.4, 0.5) is 23.7 Å². The van der Waals surface area contributed by atoms with Crippen LogP contribution in [0, 0.1) is 0 Å². The zero-order chi connectivity index (χ0) is 24.5. The van der Waals surface area contributed by atoms with E-state index in [9.17, 15) is 23.1 Å². The quantitative estimate of drug-likeness (QED) is 0.673. The summed E-state index contributed by atoms with van der Waals surface area (Å²) in [5.74, 6) is 1.05. The highest BCUT2D eigenvalue weighted by Gasteiger charge is 2.39. The second kappa shape index (κ2) is 9.34. The highest BCUT2D eigenvalue weighted by atomic mass is 19.4. The van der Waals surface area contributed by atoms with Crippen molar-refractivity contribution >= 4 is 11.8 Å². The monoisotopic (exact) mass is 480 g/mol. The molecule has 34 heavy (non-hydrogen) atoms. The molecule has 1 atom stereocenters. The summed E-state index contributed by atoms with van der Waals surface area (Å²) in [5, 5.41) is 11.0. The van der Waals surface area contributed by atoms with E-state index in [0.717, 1.165) is 12.1 Å². The molecule has 0 radical (unpaired) electrons. The van der Waals surface area contributed by atoms with Crippen LogP contribution in [-0.2, 0) is 16.5 Å². The maximum atomic E-state index is 13.1. The molecule has 1 N–H and O–H groups in total. The van der Waals surface area contributed by atoms with Gasteiger partial charge < -0.3 is 19.3 Å². The Morgan fingerprint density at radius 2 is 1.79 bits per heavy atom. The summed E-state index contributed by atoms with van der Waals surface area (Å²) < 4.78 is 55.3. The number of halogens is 3. The van der Waals surface area contributed by atoms with E-state index in [-0.39, 0.29) is 24.5 Å². The molecule has 2 aromatic rings. The number of benzene rings is 2. The first-order valence-corrected chi connectivity index (χ1v) is 11.0. The van der Waals surface area contributed by atoms with E-state index < -0.39 is 23.4 Å². The summed E-state index contributed by atoms with van der Waals surface area (Å²) in [7, 11) is 3.05. The van der Waals surface area contributed by atoms with Crippen molar-refractivity contribution in [2.75, 3.05) is 45.3 Å². The van der Waals surface area contributed by atoms with Crippen LogP contribution in [0.1, 0.15) is 24.0 Å². The largest absolute Gasteiger partial charge is 0.493 e. The second-order valence-corrected chi connectivity index (χ2v) is 8.57. The van der Waals surface area contributed by atoms with Crippen LogP contribution < -0.4 is 14.4 Å². The molecule has 2 heterocycles.